The average molecular weight is 320 g/mol. The van der Waals surface area contributed by atoms with E-state index in [1.807, 2.05) is 12.1 Å². The van der Waals surface area contributed by atoms with Gasteiger partial charge in [0.1, 0.15) is 18.2 Å². The molecule has 23 heavy (non-hydrogen) atoms. The maximum Gasteiger partial charge on any atom is 0.315 e. The summed E-state index contributed by atoms with van der Waals surface area (Å²) in [6.45, 7) is 3.46. The van der Waals surface area contributed by atoms with Crippen molar-refractivity contribution in [3.63, 3.8) is 0 Å². The molecular weight excluding hydrogens is 299 g/mol. The maximum absolute atomic E-state index is 13.4. The first-order valence-electron chi connectivity index (χ1n) is 7.52. The van der Waals surface area contributed by atoms with Gasteiger partial charge in [0.05, 0.1) is 6.26 Å². The van der Waals surface area contributed by atoms with E-state index in [-0.39, 0.29) is 18.4 Å². The Morgan fingerprint density at radius 1 is 1.30 bits per heavy atom. The van der Waals surface area contributed by atoms with Gasteiger partial charge in [0.15, 0.2) is 0 Å². The molecule has 1 heterocycles. The highest BCUT2D eigenvalue weighted by Gasteiger charge is 2.03. The Bertz CT molecular complexity index is 614. The van der Waals surface area contributed by atoms with Gasteiger partial charge in [-0.05, 0) is 42.7 Å². The predicted molar refractivity (Wildman–Crippen MR) is 84.4 cm³/mol. The smallest absolute Gasteiger partial charge is 0.315 e. The van der Waals surface area contributed by atoms with Crippen molar-refractivity contribution in [1.29, 1.82) is 0 Å². The van der Waals surface area contributed by atoms with Crippen LogP contribution in [0.25, 0.3) is 0 Å². The summed E-state index contributed by atoms with van der Waals surface area (Å²) < 4.78 is 23.9. The van der Waals surface area contributed by atoms with E-state index >= 15 is 0 Å². The number of hydrogen-bond acceptors (Lipinski definition) is 3. The van der Waals surface area contributed by atoms with Crippen LogP contribution in [0.4, 0.5) is 9.18 Å². The first kappa shape index (κ1) is 17.0. The maximum atomic E-state index is 13.4. The van der Waals surface area contributed by atoms with Crippen molar-refractivity contribution in [1.82, 2.24) is 10.6 Å². The quantitative estimate of drug-likeness (QED) is 0.735. The fourth-order valence-corrected chi connectivity index (χ4v) is 1.93. The van der Waals surface area contributed by atoms with Gasteiger partial charge in [-0.15, -0.1) is 0 Å². The van der Waals surface area contributed by atoms with Crippen molar-refractivity contribution in [2.75, 3.05) is 13.2 Å². The number of ether oxygens (including phenoxy) is 1. The summed E-state index contributed by atoms with van der Waals surface area (Å²) in [6.07, 6.45) is 2.30. The van der Waals surface area contributed by atoms with E-state index in [0.29, 0.717) is 31.7 Å². The zero-order valence-corrected chi connectivity index (χ0v) is 13.1. The molecule has 0 atom stereocenters. The van der Waals surface area contributed by atoms with Crippen LogP contribution < -0.4 is 10.6 Å². The molecule has 6 heteroatoms. The number of nitrogens with one attached hydrogen (secondary N) is 2. The minimum atomic E-state index is -0.281. The van der Waals surface area contributed by atoms with Crippen molar-refractivity contribution < 1.29 is 18.3 Å². The molecule has 2 N–H and O–H groups in total. The van der Waals surface area contributed by atoms with Gasteiger partial charge in [-0.2, -0.15) is 0 Å². The first-order valence-corrected chi connectivity index (χ1v) is 7.52. The van der Waals surface area contributed by atoms with Gasteiger partial charge in [0.25, 0.3) is 0 Å². The summed E-state index contributed by atoms with van der Waals surface area (Å²) in [7, 11) is 0. The molecule has 0 saturated heterocycles. The molecule has 0 aliphatic heterocycles. The fourth-order valence-electron chi connectivity index (χ4n) is 1.93. The number of aryl methyl sites for hydroxylation is 1. The van der Waals surface area contributed by atoms with Crippen molar-refractivity contribution in [3.8, 4) is 0 Å². The molecule has 1 aromatic heterocycles. The summed E-state index contributed by atoms with van der Waals surface area (Å²) in [5.74, 6) is 0.513. The highest BCUT2D eigenvalue weighted by atomic mass is 19.1. The van der Waals surface area contributed by atoms with Crippen LogP contribution >= 0.6 is 0 Å². The third-order valence-electron chi connectivity index (χ3n) is 3.26. The minimum Gasteiger partial charge on any atom is -0.467 e. The number of urea groups is 1. The summed E-state index contributed by atoms with van der Waals surface area (Å²) in [5, 5.41) is 5.41. The van der Waals surface area contributed by atoms with Crippen LogP contribution in [0.1, 0.15) is 23.3 Å². The topological polar surface area (TPSA) is 63.5 Å². The van der Waals surface area contributed by atoms with E-state index in [9.17, 15) is 9.18 Å². The highest BCUT2D eigenvalue weighted by molar-refractivity contribution is 5.73. The van der Waals surface area contributed by atoms with Gasteiger partial charge >= 0.3 is 6.03 Å². The third kappa shape index (κ3) is 6.12. The van der Waals surface area contributed by atoms with Crippen molar-refractivity contribution in [3.05, 3.63) is 59.3 Å². The highest BCUT2D eigenvalue weighted by Crippen LogP contribution is 2.08. The number of hydrogen-bond donors (Lipinski definition) is 2. The number of carbonyl (C=O) groups excluding carboxylic acids is 1. The molecule has 124 valence electrons. The minimum absolute atomic E-state index is 0.265. The number of furan rings is 1. The number of carbonyl (C=O) groups is 1. The molecule has 0 unspecified atom stereocenters. The largest absolute Gasteiger partial charge is 0.467 e. The van der Waals surface area contributed by atoms with Gasteiger partial charge in [-0.25, -0.2) is 9.18 Å². The fraction of sp³-hybridized carbons (Fsp3) is 0.353. The Balaban J connectivity index is 1.53. The lowest BCUT2D eigenvalue weighted by atomic mass is 10.1. The van der Waals surface area contributed by atoms with Gasteiger partial charge in [-0.1, -0.05) is 12.1 Å². The standard InChI is InChI=1S/C17H21FN2O3/c1-13-5-6-14(10-16(13)18)11-20-17(21)19-7-3-8-22-12-15-4-2-9-23-15/h2,4-6,9-10H,3,7-8,11-12H2,1H3,(H2,19,20,21). The summed E-state index contributed by atoms with van der Waals surface area (Å²) >= 11 is 0. The Hall–Kier alpha value is -2.34. The van der Waals surface area contributed by atoms with E-state index in [4.69, 9.17) is 9.15 Å². The second-order valence-electron chi connectivity index (χ2n) is 5.18. The normalized spacial score (nSPS) is 10.5. The van der Waals surface area contributed by atoms with Crippen LogP contribution in [0.3, 0.4) is 0 Å². The average Bonchev–Trinajstić information content (AvgIpc) is 3.05. The SMILES string of the molecule is Cc1ccc(CNC(=O)NCCCOCc2ccco2)cc1F. The van der Waals surface area contributed by atoms with Crippen molar-refractivity contribution in [2.24, 2.45) is 0 Å². The Morgan fingerprint density at radius 3 is 2.91 bits per heavy atom. The van der Waals surface area contributed by atoms with E-state index < -0.39 is 0 Å². The van der Waals surface area contributed by atoms with Gasteiger partial charge in [0.2, 0.25) is 0 Å². The Morgan fingerprint density at radius 2 is 2.17 bits per heavy atom. The monoisotopic (exact) mass is 320 g/mol. The van der Waals surface area contributed by atoms with Gasteiger partial charge in [-0.3, -0.25) is 0 Å². The van der Waals surface area contributed by atoms with Gasteiger partial charge < -0.3 is 19.8 Å². The zero-order chi connectivity index (χ0) is 16.5. The molecular formula is C17H21FN2O3. The molecule has 0 aliphatic rings. The first-order chi connectivity index (χ1) is 11.1. The molecule has 0 spiro atoms. The number of halogens is 1. The molecule has 5 nitrogen and oxygen atoms in total. The van der Waals surface area contributed by atoms with E-state index in [2.05, 4.69) is 10.6 Å². The second kappa shape index (κ2) is 8.95. The lowest BCUT2D eigenvalue weighted by Crippen LogP contribution is -2.35. The van der Waals surface area contributed by atoms with Gasteiger partial charge in [0, 0.05) is 19.7 Å². The van der Waals surface area contributed by atoms with Crippen molar-refractivity contribution >= 4 is 6.03 Å². The number of benzene rings is 1. The molecule has 0 aliphatic carbocycles. The molecule has 2 rings (SSSR count). The molecule has 2 amide bonds. The molecule has 0 fully saturated rings. The molecule has 0 saturated carbocycles. The number of amides is 2. The summed E-state index contributed by atoms with van der Waals surface area (Å²) in [5.41, 5.74) is 1.32. The Kier molecular flexibility index (Phi) is 6.62. The molecule has 1 aromatic carbocycles. The number of rotatable bonds is 8. The Labute approximate surface area is 134 Å². The molecule has 0 radical (unpaired) electrons. The van der Waals surface area contributed by atoms with Crippen LogP contribution in [0.15, 0.2) is 41.0 Å². The van der Waals surface area contributed by atoms with E-state index in [1.165, 1.54) is 6.07 Å². The summed E-state index contributed by atoms with van der Waals surface area (Å²) in [4.78, 5) is 11.6. The van der Waals surface area contributed by atoms with E-state index in [0.717, 1.165) is 11.3 Å². The van der Waals surface area contributed by atoms with Crippen molar-refractivity contribution in [2.45, 2.75) is 26.5 Å². The zero-order valence-electron chi connectivity index (χ0n) is 13.1. The summed E-state index contributed by atoms with van der Waals surface area (Å²) in [6, 6.07) is 8.29. The molecule has 0 bridgehead atoms. The van der Waals surface area contributed by atoms with E-state index in [1.54, 1.807) is 25.3 Å². The van der Waals surface area contributed by atoms with Crippen LogP contribution in [-0.2, 0) is 17.9 Å². The van der Waals surface area contributed by atoms with Crippen LogP contribution in [0, 0.1) is 12.7 Å². The second-order valence-corrected chi connectivity index (χ2v) is 5.18. The van der Waals surface area contributed by atoms with Crippen LogP contribution in [0.2, 0.25) is 0 Å². The lowest BCUT2D eigenvalue weighted by molar-refractivity contribution is 0.104. The molecule has 2 aromatic rings. The lowest BCUT2D eigenvalue weighted by Gasteiger charge is -2.08. The van der Waals surface area contributed by atoms with Crippen LogP contribution in [0.5, 0.6) is 0 Å². The third-order valence-corrected chi connectivity index (χ3v) is 3.26. The predicted octanol–water partition coefficient (Wildman–Crippen LogP) is 3.13. The van der Waals surface area contributed by atoms with Crippen LogP contribution in [-0.4, -0.2) is 19.2 Å².